The minimum atomic E-state index is 0.371. The lowest BCUT2D eigenvalue weighted by Crippen LogP contribution is -2.24. The molecule has 0 saturated heterocycles. The van der Waals surface area contributed by atoms with Crippen molar-refractivity contribution in [2.24, 2.45) is 0 Å². The van der Waals surface area contributed by atoms with Crippen LogP contribution in [0.3, 0.4) is 0 Å². The van der Waals surface area contributed by atoms with E-state index >= 15 is 0 Å². The Hall–Kier alpha value is -1.77. The van der Waals surface area contributed by atoms with Crippen molar-refractivity contribution >= 4 is 5.82 Å². The van der Waals surface area contributed by atoms with Crippen LogP contribution in [0, 0.1) is 13.8 Å². The van der Waals surface area contributed by atoms with Gasteiger partial charge in [0, 0.05) is 12.1 Å². The molecule has 3 rings (SSSR count). The topological polar surface area (TPSA) is 29.9 Å². The van der Waals surface area contributed by atoms with Crippen molar-refractivity contribution in [2.75, 3.05) is 11.9 Å². The van der Waals surface area contributed by atoms with Gasteiger partial charge in [0.15, 0.2) is 0 Å². The minimum absolute atomic E-state index is 0.371. The average molecular weight is 255 g/mol. The number of anilines is 1. The second-order valence-corrected chi connectivity index (χ2v) is 5.36. The molecule has 1 aliphatic rings. The van der Waals surface area contributed by atoms with Crippen LogP contribution in [0.5, 0.6) is 0 Å². The molecular formula is C16H21N3. The van der Waals surface area contributed by atoms with E-state index in [2.05, 4.69) is 55.0 Å². The smallest absolute Gasteiger partial charge is 0.128 e. The third-order valence-electron chi connectivity index (χ3n) is 4.05. The number of fused-ring (bicyclic) bond motifs is 1. The van der Waals surface area contributed by atoms with E-state index in [4.69, 9.17) is 5.10 Å². The van der Waals surface area contributed by atoms with Crippen molar-refractivity contribution in [3.05, 3.63) is 46.6 Å². The molecule has 1 aromatic heterocycles. The molecule has 19 heavy (non-hydrogen) atoms. The van der Waals surface area contributed by atoms with Crippen molar-refractivity contribution < 1.29 is 0 Å². The highest BCUT2D eigenvalue weighted by Gasteiger charge is 2.25. The highest BCUT2D eigenvalue weighted by atomic mass is 15.4. The summed E-state index contributed by atoms with van der Waals surface area (Å²) in [6.45, 7) is 7.49. The second kappa shape index (κ2) is 4.72. The number of aromatic nitrogens is 2. The molecule has 0 spiro atoms. The predicted molar refractivity (Wildman–Crippen MR) is 78.8 cm³/mol. The number of hydrogen-bond donors (Lipinski definition) is 1. The SMILES string of the molecule is CCc1nn2c(c1C)NCCC2c1ccc(C)cc1. The first-order valence-electron chi connectivity index (χ1n) is 7.09. The molecule has 1 aliphatic heterocycles. The zero-order chi connectivity index (χ0) is 13.4. The Labute approximate surface area is 114 Å². The van der Waals surface area contributed by atoms with E-state index < -0.39 is 0 Å². The summed E-state index contributed by atoms with van der Waals surface area (Å²) in [6.07, 6.45) is 2.09. The summed E-state index contributed by atoms with van der Waals surface area (Å²) in [5.74, 6) is 1.20. The van der Waals surface area contributed by atoms with Gasteiger partial charge in [-0.25, -0.2) is 4.68 Å². The summed E-state index contributed by atoms with van der Waals surface area (Å²) in [4.78, 5) is 0. The standard InChI is InChI=1S/C16H21N3/c1-4-14-12(3)16-17-10-9-15(19(16)18-14)13-7-5-11(2)6-8-13/h5-8,15,17H,4,9-10H2,1-3H3. The number of hydrogen-bond acceptors (Lipinski definition) is 2. The molecule has 2 aromatic rings. The summed E-state index contributed by atoms with van der Waals surface area (Å²) in [7, 11) is 0. The van der Waals surface area contributed by atoms with Gasteiger partial charge in [-0.1, -0.05) is 36.8 Å². The lowest BCUT2D eigenvalue weighted by Gasteiger charge is -2.26. The van der Waals surface area contributed by atoms with Crippen LogP contribution in [0.2, 0.25) is 0 Å². The predicted octanol–water partition coefficient (Wildman–Crippen LogP) is 3.47. The zero-order valence-electron chi connectivity index (χ0n) is 11.9. The molecule has 3 nitrogen and oxygen atoms in total. The van der Waals surface area contributed by atoms with Gasteiger partial charge in [0.25, 0.3) is 0 Å². The third kappa shape index (κ3) is 2.03. The fourth-order valence-corrected chi connectivity index (χ4v) is 2.88. The first-order chi connectivity index (χ1) is 9.20. The Morgan fingerprint density at radius 3 is 2.68 bits per heavy atom. The van der Waals surface area contributed by atoms with E-state index in [1.165, 1.54) is 28.2 Å². The molecule has 100 valence electrons. The maximum atomic E-state index is 4.80. The zero-order valence-corrected chi connectivity index (χ0v) is 11.9. The molecule has 0 amide bonds. The summed E-state index contributed by atoms with van der Waals surface area (Å²) in [6, 6.07) is 9.22. The molecule has 1 unspecified atom stereocenters. The van der Waals surface area contributed by atoms with Gasteiger partial charge in [-0.05, 0) is 32.3 Å². The lowest BCUT2D eigenvalue weighted by atomic mass is 10.0. The summed E-state index contributed by atoms with van der Waals surface area (Å²) >= 11 is 0. The molecular weight excluding hydrogens is 234 g/mol. The molecule has 0 aliphatic carbocycles. The number of benzene rings is 1. The van der Waals surface area contributed by atoms with E-state index in [-0.39, 0.29) is 0 Å². The molecule has 0 bridgehead atoms. The Bertz CT molecular complexity index is 581. The highest BCUT2D eigenvalue weighted by molar-refractivity contribution is 5.49. The summed E-state index contributed by atoms with van der Waals surface area (Å²) < 4.78 is 2.18. The van der Waals surface area contributed by atoms with E-state index in [1.807, 2.05) is 0 Å². The van der Waals surface area contributed by atoms with Crippen LogP contribution in [0.4, 0.5) is 5.82 Å². The van der Waals surface area contributed by atoms with E-state index in [1.54, 1.807) is 0 Å². The van der Waals surface area contributed by atoms with Crippen LogP contribution in [0.15, 0.2) is 24.3 Å². The number of nitrogens with one attached hydrogen (secondary N) is 1. The van der Waals surface area contributed by atoms with Gasteiger partial charge in [0.2, 0.25) is 0 Å². The van der Waals surface area contributed by atoms with Crippen molar-refractivity contribution in [3.63, 3.8) is 0 Å². The van der Waals surface area contributed by atoms with Crippen molar-refractivity contribution in [3.8, 4) is 0 Å². The molecule has 2 heterocycles. The lowest BCUT2D eigenvalue weighted by molar-refractivity contribution is 0.478. The first kappa shape index (κ1) is 12.3. The third-order valence-corrected chi connectivity index (χ3v) is 4.05. The maximum absolute atomic E-state index is 4.80. The van der Waals surface area contributed by atoms with Gasteiger partial charge in [-0.2, -0.15) is 5.10 Å². The Kier molecular flexibility index (Phi) is 3.05. The number of rotatable bonds is 2. The van der Waals surface area contributed by atoms with E-state index in [0.29, 0.717) is 6.04 Å². The summed E-state index contributed by atoms with van der Waals surface area (Å²) in [5.41, 5.74) is 5.18. The van der Waals surface area contributed by atoms with Crippen LogP contribution in [-0.4, -0.2) is 16.3 Å². The summed E-state index contributed by atoms with van der Waals surface area (Å²) in [5, 5.41) is 8.30. The molecule has 1 aromatic carbocycles. The Morgan fingerprint density at radius 2 is 2.00 bits per heavy atom. The average Bonchev–Trinajstić information content (AvgIpc) is 2.77. The number of nitrogens with zero attached hydrogens (tertiary/aromatic N) is 2. The van der Waals surface area contributed by atoms with Gasteiger partial charge in [-0.3, -0.25) is 0 Å². The molecule has 1 atom stereocenters. The normalized spacial score (nSPS) is 17.9. The molecule has 0 saturated carbocycles. The van der Waals surface area contributed by atoms with Crippen LogP contribution in [0.1, 0.15) is 41.8 Å². The highest BCUT2D eigenvalue weighted by Crippen LogP contribution is 2.32. The second-order valence-electron chi connectivity index (χ2n) is 5.36. The van der Waals surface area contributed by atoms with Crippen LogP contribution in [-0.2, 0) is 6.42 Å². The minimum Gasteiger partial charge on any atom is -0.370 e. The molecule has 0 radical (unpaired) electrons. The van der Waals surface area contributed by atoms with Crippen molar-refractivity contribution in [2.45, 2.75) is 39.7 Å². The largest absolute Gasteiger partial charge is 0.370 e. The monoisotopic (exact) mass is 255 g/mol. The van der Waals surface area contributed by atoms with Crippen LogP contribution < -0.4 is 5.32 Å². The van der Waals surface area contributed by atoms with Crippen molar-refractivity contribution in [1.29, 1.82) is 0 Å². The fourth-order valence-electron chi connectivity index (χ4n) is 2.88. The Balaban J connectivity index is 2.05. The molecule has 0 fully saturated rings. The number of aryl methyl sites for hydroxylation is 2. The molecule has 3 heteroatoms. The van der Waals surface area contributed by atoms with Gasteiger partial charge < -0.3 is 5.32 Å². The van der Waals surface area contributed by atoms with Crippen LogP contribution >= 0.6 is 0 Å². The first-order valence-corrected chi connectivity index (χ1v) is 7.09. The Morgan fingerprint density at radius 1 is 1.26 bits per heavy atom. The van der Waals surface area contributed by atoms with E-state index in [0.717, 1.165) is 19.4 Å². The van der Waals surface area contributed by atoms with E-state index in [9.17, 15) is 0 Å². The fraction of sp³-hybridized carbons (Fsp3) is 0.438. The van der Waals surface area contributed by atoms with Gasteiger partial charge in [0.1, 0.15) is 5.82 Å². The quantitative estimate of drug-likeness (QED) is 0.890. The maximum Gasteiger partial charge on any atom is 0.128 e. The van der Waals surface area contributed by atoms with Gasteiger partial charge >= 0.3 is 0 Å². The van der Waals surface area contributed by atoms with Gasteiger partial charge in [0.05, 0.1) is 11.7 Å². The van der Waals surface area contributed by atoms with Crippen molar-refractivity contribution in [1.82, 2.24) is 9.78 Å². The van der Waals surface area contributed by atoms with Gasteiger partial charge in [-0.15, -0.1) is 0 Å². The molecule has 1 N–H and O–H groups in total. The van der Waals surface area contributed by atoms with Crippen LogP contribution in [0.25, 0.3) is 0 Å².